The lowest BCUT2D eigenvalue weighted by Gasteiger charge is -2.29. The van der Waals surface area contributed by atoms with Gasteiger partial charge in [0, 0.05) is 12.0 Å². The molecule has 0 saturated heterocycles. The number of nitrogens with two attached hydrogens (primary N) is 1. The minimum absolute atomic E-state index is 0.0242. The third-order valence-electron chi connectivity index (χ3n) is 3.52. The number of rotatable bonds is 1. The predicted molar refractivity (Wildman–Crippen MR) is 60.3 cm³/mol. The van der Waals surface area contributed by atoms with Crippen molar-refractivity contribution in [2.75, 3.05) is 0 Å². The molecule has 0 amide bonds. The molecule has 1 aliphatic rings. The van der Waals surface area contributed by atoms with Crippen LogP contribution in [0, 0.1) is 18.6 Å². The Hall–Kier alpha value is -0.960. The molecule has 1 aromatic carbocycles. The minimum atomic E-state index is -0.727. The van der Waals surface area contributed by atoms with Gasteiger partial charge >= 0.3 is 0 Å². The van der Waals surface area contributed by atoms with Gasteiger partial charge in [-0.05, 0) is 30.9 Å². The monoisotopic (exact) mass is 225 g/mol. The molecule has 1 aliphatic carbocycles. The van der Waals surface area contributed by atoms with Gasteiger partial charge in [0.25, 0.3) is 0 Å². The van der Waals surface area contributed by atoms with E-state index in [0.717, 1.165) is 25.7 Å². The lowest BCUT2D eigenvalue weighted by atomic mass is 9.80. The number of halogens is 2. The maximum atomic E-state index is 13.8. The molecule has 0 aliphatic heterocycles. The molecule has 2 atom stereocenters. The van der Waals surface area contributed by atoms with E-state index in [4.69, 9.17) is 5.73 Å². The van der Waals surface area contributed by atoms with E-state index in [2.05, 4.69) is 0 Å². The molecule has 1 aromatic rings. The highest BCUT2D eigenvalue weighted by molar-refractivity contribution is 5.29. The summed E-state index contributed by atoms with van der Waals surface area (Å²) in [5, 5.41) is 0. The van der Waals surface area contributed by atoms with Crippen molar-refractivity contribution in [1.29, 1.82) is 0 Å². The van der Waals surface area contributed by atoms with Crippen LogP contribution in [0.15, 0.2) is 12.1 Å². The van der Waals surface area contributed by atoms with E-state index in [1.165, 1.54) is 0 Å². The zero-order chi connectivity index (χ0) is 11.7. The average molecular weight is 225 g/mol. The van der Waals surface area contributed by atoms with Gasteiger partial charge in [-0.3, -0.25) is 0 Å². The molecule has 0 heterocycles. The third kappa shape index (κ3) is 1.96. The van der Waals surface area contributed by atoms with Crippen LogP contribution < -0.4 is 5.73 Å². The van der Waals surface area contributed by atoms with Gasteiger partial charge in [-0.25, -0.2) is 8.78 Å². The summed E-state index contributed by atoms with van der Waals surface area (Å²) in [6.07, 6.45) is 3.90. The molecule has 2 unspecified atom stereocenters. The topological polar surface area (TPSA) is 26.0 Å². The summed E-state index contributed by atoms with van der Waals surface area (Å²) in [6, 6.07) is 3.28. The van der Waals surface area contributed by atoms with Crippen LogP contribution >= 0.6 is 0 Å². The van der Waals surface area contributed by atoms with Crippen LogP contribution in [0.2, 0.25) is 0 Å². The zero-order valence-corrected chi connectivity index (χ0v) is 9.47. The van der Waals surface area contributed by atoms with Crippen molar-refractivity contribution in [3.8, 4) is 0 Å². The Morgan fingerprint density at radius 1 is 1.12 bits per heavy atom. The Balaban J connectivity index is 2.36. The summed E-state index contributed by atoms with van der Waals surface area (Å²) < 4.78 is 27.2. The van der Waals surface area contributed by atoms with Gasteiger partial charge in [0.2, 0.25) is 0 Å². The molecule has 0 bridgehead atoms. The van der Waals surface area contributed by atoms with Gasteiger partial charge in [0.15, 0.2) is 11.6 Å². The summed E-state index contributed by atoms with van der Waals surface area (Å²) in [4.78, 5) is 0. The Morgan fingerprint density at radius 3 is 2.50 bits per heavy atom. The Bertz CT molecular complexity index is 390. The fraction of sp³-hybridized carbons (Fsp3) is 0.538. The highest BCUT2D eigenvalue weighted by Gasteiger charge is 2.27. The van der Waals surface area contributed by atoms with Gasteiger partial charge in [-0.15, -0.1) is 0 Å². The van der Waals surface area contributed by atoms with Crippen molar-refractivity contribution in [2.45, 2.75) is 44.6 Å². The lowest BCUT2D eigenvalue weighted by Crippen LogP contribution is -2.32. The molecule has 88 valence electrons. The smallest absolute Gasteiger partial charge is 0.162 e. The van der Waals surface area contributed by atoms with Crippen molar-refractivity contribution < 1.29 is 8.78 Å². The molecule has 0 radical (unpaired) electrons. The molecule has 16 heavy (non-hydrogen) atoms. The first-order valence-corrected chi connectivity index (χ1v) is 5.81. The third-order valence-corrected chi connectivity index (χ3v) is 3.52. The molecule has 3 heteroatoms. The summed E-state index contributed by atoms with van der Waals surface area (Å²) in [6.45, 7) is 1.57. The predicted octanol–water partition coefficient (Wildman–Crippen LogP) is 3.26. The second-order valence-electron chi connectivity index (χ2n) is 4.65. The standard InChI is InChI=1S/C13H17F2N/c1-8-6-7-10(13(15)12(8)14)9-4-2-3-5-11(9)16/h6-7,9,11H,2-5,16H2,1H3. The molecular formula is C13H17F2N. The second kappa shape index (κ2) is 4.50. The van der Waals surface area contributed by atoms with Gasteiger partial charge < -0.3 is 5.73 Å². The van der Waals surface area contributed by atoms with E-state index in [1.807, 2.05) is 0 Å². The number of benzene rings is 1. The van der Waals surface area contributed by atoms with Crippen LogP contribution in [0.4, 0.5) is 8.78 Å². The van der Waals surface area contributed by atoms with Crippen molar-refractivity contribution in [3.63, 3.8) is 0 Å². The SMILES string of the molecule is Cc1ccc(C2CCCCC2N)c(F)c1F. The molecule has 2 N–H and O–H groups in total. The number of hydrogen-bond donors (Lipinski definition) is 1. The first-order chi connectivity index (χ1) is 7.61. The average Bonchev–Trinajstić information content (AvgIpc) is 2.28. The summed E-state index contributed by atoms with van der Waals surface area (Å²) in [5.41, 5.74) is 6.79. The van der Waals surface area contributed by atoms with Crippen LogP contribution in [0.1, 0.15) is 42.7 Å². The van der Waals surface area contributed by atoms with Crippen LogP contribution in [0.3, 0.4) is 0 Å². The molecular weight excluding hydrogens is 208 g/mol. The molecule has 0 aromatic heterocycles. The van der Waals surface area contributed by atoms with Gasteiger partial charge in [0.05, 0.1) is 0 Å². The van der Waals surface area contributed by atoms with Crippen molar-refractivity contribution in [2.24, 2.45) is 5.73 Å². The first-order valence-electron chi connectivity index (χ1n) is 5.81. The van der Waals surface area contributed by atoms with E-state index in [9.17, 15) is 8.78 Å². The van der Waals surface area contributed by atoms with E-state index < -0.39 is 11.6 Å². The van der Waals surface area contributed by atoms with Crippen LogP contribution in [-0.4, -0.2) is 6.04 Å². The first kappa shape index (κ1) is 11.5. The summed E-state index contributed by atoms with van der Waals surface area (Å²) >= 11 is 0. The number of hydrogen-bond acceptors (Lipinski definition) is 1. The quantitative estimate of drug-likeness (QED) is 0.780. The zero-order valence-electron chi connectivity index (χ0n) is 9.47. The fourth-order valence-electron chi connectivity index (χ4n) is 2.49. The Kier molecular flexibility index (Phi) is 3.24. The van der Waals surface area contributed by atoms with Gasteiger partial charge in [-0.2, -0.15) is 0 Å². The van der Waals surface area contributed by atoms with Crippen LogP contribution in [0.25, 0.3) is 0 Å². The molecule has 2 rings (SSSR count). The highest BCUT2D eigenvalue weighted by Crippen LogP contribution is 2.34. The Morgan fingerprint density at radius 2 is 1.81 bits per heavy atom. The molecule has 1 saturated carbocycles. The van der Waals surface area contributed by atoms with Gasteiger partial charge in [0.1, 0.15) is 0 Å². The van der Waals surface area contributed by atoms with E-state index in [1.54, 1.807) is 19.1 Å². The summed E-state index contributed by atoms with van der Waals surface area (Å²) in [7, 11) is 0. The van der Waals surface area contributed by atoms with E-state index in [-0.39, 0.29) is 12.0 Å². The minimum Gasteiger partial charge on any atom is -0.327 e. The molecule has 1 fully saturated rings. The normalized spacial score (nSPS) is 25.8. The van der Waals surface area contributed by atoms with Crippen molar-refractivity contribution in [3.05, 3.63) is 34.9 Å². The maximum absolute atomic E-state index is 13.8. The van der Waals surface area contributed by atoms with E-state index in [0.29, 0.717) is 11.1 Å². The maximum Gasteiger partial charge on any atom is 0.162 e. The molecule has 0 spiro atoms. The summed E-state index contributed by atoms with van der Waals surface area (Å²) in [5.74, 6) is -1.46. The fourth-order valence-corrected chi connectivity index (χ4v) is 2.49. The number of aryl methyl sites for hydroxylation is 1. The highest BCUT2D eigenvalue weighted by atomic mass is 19.2. The van der Waals surface area contributed by atoms with Crippen molar-refractivity contribution in [1.82, 2.24) is 0 Å². The second-order valence-corrected chi connectivity index (χ2v) is 4.65. The lowest BCUT2D eigenvalue weighted by molar-refractivity contribution is 0.369. The van der Waals surface area contributed by atoms with E-state index >= 15 is 0 Å². The van der Waals surface area contributed by atoms with Crippen LogP contribution in [0.5, 0.6) is 0 Å². The van der Waals surface area contributed by atoms with Crippen molar-refractivity contribution >= 4 is 0 Å². The van der Waals surface area contributed by atoms with Crippen LogP contribution in [-0.2, 0) is 0 Å². The Labute approximate surface area is 94.7 Å². The molecule has 1 nitrogen and oxygen atoms in total. The van der Waals surface area contributed by atoms with Gasteiger partial charge in [-0.1, -0.05) is 25.0 Å². The largest absolute Gasteiger partial charge is 0.327 e.